The number of nitrogens with zero attached hydrogens (tertiary/aromatic N) is 1. The van der Waals surface area contributed by atoms with E-state index in [1.165, 1.54) is 0 Å². The molecule has 0 bridgehead atoms. The first kappa shape index (κ1) is 15.1. The van der Waals surface area contributed by atoms with Crippen molar-refractivity contribution in [2.24, 2.45) is 0 Å². The van der Waals surface area contributed by atoms with Gasteiger partial charge in [-0.1, -0.05) is 12.1 Å². The van der Waals surface area contributed by atoms with Gasteiger partial charge in [0, 0.05) is 13.6 Å². The normalized spacial score (nSPS) is 11.6. The van der Waals surface area contributed by atoms with Crippen LogP contribution in [0.3, 0.4) is 0 Å². The number of rotatable bonds is 6. The van der Waals surface area contributed by atoms with Crippen LogP contribution in [0.1, 0.15) is 13.8 Å². The average molecular weight is 266 g/mol. The van der Waals surface area contributed by atoms with Crippen LogP contribution in [-0.4, -0.2) is 44.3 Å². The molecule has 19 heavy (non-hydrogen) atoms. The van der Waals surface area contributed by atoms with Crippen LogP contribution in [0.5, 0.6) is 11.5 Å². The Hall–Kier alpha value is -1.91. The molecule has 1 N–H and O–H groups in total. The molecule has 0 aliphatic carbocycles. The Morgan fingerprint density at radius 2 is 2.00 bits per heavy atom. The first-order chi connectivity index (χ1) is 9.08. The van der Waals surface area contributed by atoms with Gasteiger partial charge in [0.25, 0.3) is 0 Å². The van der Waals surface area contributed by atoms with Crippen molar-refractivity contribution in [1.82, 2.24) is 10.2 Å². The molecular weight excluding hydrogens is 244 g/mol. The Kier molecular flexibility index (Phi) is 5.99. The Bertz CT molecular complexity index is 409. The second-order valence-electron chi connectivity index (χ2n) is 4.28. The van der Waals surface area contributed by atoms with E-state index in [4.69, 9.17) is 9.47 Å². The van der Waals surface area contributed by atoms with E-state index in [0.717, 1.165) is 0 Å². The number of para-hydroxylation sites is 2. The minimum Gasteiger partial charge on any atom is -0.493 e. The van der Waals surface area contributed by atoms with E-state index < -0.39 is 0 Å². The van der Waals surface area contributed by atoms with Crippen LogP contribution in [0.2, 0.25) is 0 Å². The van der Waals surface area contributed by atoms with Crippen molar-refractivity contribution in [2.45, 2.75) is 20.0 Å². The van der Waals surface area contributed by atoms with E-state index in [-0.39, 0.29) is 12.1 Å². The van der Waals surface area contributed by atoms with Gasteiger partial charge in [0.2, 0.25) is 0 Å². The van der Waals surface area contributed by atoms with Crippen molar-refractivity contribution in [1.29, 1.82) is 0 Å². The van der Waals surface area contributed by atoms with Crippen LogP contribution >= 0.6 is 0 Å². The molecule has 0 saturated carbocycles. The minimum absolute atomic E-state index is 0.0991. The lowest BCUT2D eigenvalue weighted by molar-refractivity contribution is 0.188. The molecule has 5 heteroatoms. The van der Waals surface area contributed by atoms with E-state index >= 15 is 0 Å². The number of urea groups is 1. The van der Waals surface area contributed by atoms with Crippen LogP contribution in [0.15, 0.2) is 24.3 Å². The summed E-state index contributed by atoms with van der Waals surface area (Å²) >= 11 is 0. The van der Waals surface area contributed by atoms with Crippen molar-refractivity contribution in [3.63, 3.8) is 0 Å². The average Bonchev–Trinajstić information content (AvgIpc) is 2.44. The molecule has 1 aromatic rings. The van der Waals surface area contributed by atoms with Crippen LogP contribution in [0.25, 0.3) is 0 Å². The molecule has 106 valence electrons. The fraction of sp³-hybridized carbons (Fsp3) is 0.500. The lowest BCUT2D eigenvalue weighted by Crippen LogP contribution is -2.41. The second kappa shape index (κ2) is 7.51. The van der Waals surface area contributed by atoms with Crippen molar-refractivity contribution in [2.75, 3.05) is 27.2 Å². The van der Waals surface area contributed by atoms with Gasteiger partial charge in [-0.3, -0.25) is 0 Å². The highest BCUT2D eigenvalue weighted by Gasteiger charge is 2.11. The highest BCUT2D eigenvalue weighted by Crippen LogP contribution is 2.26. The zero-order chi connectivity index (χ0) is 14.3. The molecule has 0 saturated heterocycles. The third kappa shape index (κ3) is 4.69. The molecule has 0 aromatic heterocycles. The zero-order valence-corrected chi connectivity index (χ0v) is 12.0. The SMILES string of the molecule is CCN(C)C(=O)NCC(C)Oc1ccccc1OC. The van der Waals surface area contributed by atoms with Crippen LogP contribution in [-0.2, 0) is 0 Å². The molecule has 1 atom stereocenters. The molecule has 2 amide bonds. The maximum Gasteiger partial charge on any atom is 0.317 e. The summed E-state index contributed by atoms with van der Waals surface area (Å²) in [6, 6.07) is 7.35. The number of nitrogens with one attached hydrogen (secondary N) is 1. The van der Waals surface area contributed by atoms with Gasteiger partial charge < -0.3 is 19.7 Å². The van der Waals surface area contributed by atoms with Crippen LogP contribution in [0, 0.1) is 0 Å². The second-order valence-corrected chi connectivity index (χ2v) is 4.28. The van der Waals surface area contributed by atoms with Crippen LogP contribution < -0.4 is 14.8 Å². The number of methoxy groups -OCH3 is 1. The third-order valence-corrected chi connectivity index (χ3v) is 2.76. The van der Waals surface area contributed by atoms with E-state index in [2.05, 4.69) is 5.32 Å². The lowest BCUT2D eigenvalue weighted by atomic mass is 10.3. The molecule has 1 rings (SSSR count). The number of amides is 2. The molecule has 0 heterocycles. The van der Waals surface area contributed by atoms with E-state index in [9.17, 15) is 4.79 Å². The zero-order valence-electron chi connectivity index (χ0n) is 12.0. The Morgan fingerprint density at radius 3 is 2.58 bits per heavy atom. The Labute approximate surface area is 114 Å². The lowest BCUT2D eigenvalue weighted by Gasteiger charge is -2.20. The summed E-state index contributed by atoms with van der Waals surface area (Å²) in [6.45, 7) is 4.95. The highest BCUT2D eigenvalue weighted by molar-refractivity contribution is 5.73. The summed E-state index contributed by atoms with van der Waals surface area (Å²) in [5.74, 6) is 1.36. The van der Waals surface area contributed by atoms with Gasteiger partial charge in [-0.05, 0) is 26.0 Å². The minimum atomic E-state index is -0.134. The van der Waals surface area contributed by atoms with Gasteiger partial charge in [0.15, 0.2) is 11.5 Å². The monoisotopic (exact) mass is 266 g/mol. The van der Waals surface area contributed by atoms with Crippen molar-refractivity contribution in [3.8, 4) is 11.5 Å². The molecule has 0 radical (unpaired) electrons. The molecule has 1 unspecified atom stereocenters. The number of carbonyl (C=O) groups is 1. The standard InChI is InChI=1S/C14H22N2O3/c1-5-16(3)14(17)15-10-11(2)19-13-9-7-6-8-12(13)18-4/h6-9,11H,5,10H2,1-4H3,(H,15,17). The van der Waals surface area contributed by atoms with Gasteiger partial charge >= 0.3 is 6.03 Å². The quantitative estimate of drug-likeness (QED) is 0.858. The first-order valence-electron chi connectivity index (χ1n) is 6.37. The van der Waals surface area contributed by atoms with Gasteiger partial charge in [0.05, 0.1) is 13.7 Å². The molecule has 5 nitrogen and oxygen atoms in total. The molecule has 0 aliphatic heterocycles. The highest BCUT2D eigenvalue weighted by atomic mass is 16.5. The van der Waals surface area contributed by atoms with Gasteiger partial charge in [-0.15, -0.1) is 0 Å². The molecule has 0 spiro atoms. The largest absolute Gasteiger partial charge is 0.493 e. The number of ether oxygens (including phenoxy) is 2. The maximum absolute atomic E-state index is 11.6. The Balaban J connectivity index is 2.47. The van der Waals surface area contributed by atoms with Crippen molar-refractivity contribution >= 4 is 6.03 Å². The summed E-state index contributed by atoms with van der Waals surface area (Å²) in [7, 11) is 3.35. The number of benzene rings is 1. The van der Waals surface area contributed by atoms with Gasteiger partial charge in [0.1, 0.15) is 6.10 Å². The first-order valence-corrected chi connectivity index (χ1v) is 6.37. The summed E-state index contributed by atoms with van der Waals surface area (Å²) in [6.07, 6.45) is -0.134. The van der Waals surface area contributed by atoms with E-state index in [0.29, 0.717) is 24.6 Å². The fourth-order valence-corrected chi connectivity index (χ4v) is 1.48. The summed E-state index contributed by atoms with van der Waals surface area (Å²) < 4.78 is 10.9. The summed E-state index contributed by atoms with van der Waals surface area (Å²) in [4.78, 5) is 13.2. The van der Waals surface area contributed by atoms with Crippen molar-refractivity contribution in [3.05, 3.63) is 24.3 Å². The fourth-order valence-electron chi connectivity index (χ4n) is 1.48. The third-order valence-electron chi connectivity index (χ3n) is 2.76. The smallest absolute Gasteiger partial charge is 0.317 e. The number of hydrogen-bond acceptors (Lipinski definition) is 3. The topological polar surface area (TPSA) is 50.8 Å². The van der Waals surface area contributed by atoms with Crippen LogP contribution in [0.4, 0.5) is 4.79 Å². The molecular formula is C14H22N2O3. The summed E-state index contributed by atoms with van der Waals surface area (Å²) in [5, 5.41) is 2.81. The van der Waals surface area contributed by atoms with Crippen molar-refractivity contribution < 1.29 is 14.3 Å². The Morgan fingerprint density at radius 1 is 1.37 bits per heavy atom. The predicted molar refractivity (Wildman–Crippen MR) is 74.8 cm³/mol. The predicted octanol–water partition coefficient (Wildman–Crippen LogP) is 2.12. The number of hydrogen-bond donors (Lipinski definition) is 1. The maximum atomic E-state index is 11.6. The number of carbonyl (C=O) groups excluding carboxylic acids is 1. The van der Waals surface area contributed by atoms with Gasteiger partial charge in [-0.2, -0.15) is 0 Å². The van der Waals surface area contributed by atoms with E-state index in [1.807, 2.05) is 38.1 Å². The van der Waals surface area contributed by atoms with E-state index in [1.54, 1.807) is 19.1 Å². The molecule has 1 aromatic carbocycles. The molecule has 0 aliphatic rings. The van der Waals surface area contributed by atoms with Gasteiger partial charge in [-0.25, -0.2) is 4.79 Å². The molecule has 0 fully saturated rings. The summed E-state index contributed by atoms with van der Waals surface area (Å²) in [5.41, 5.74) is 0.